The summed E-state index contributed by atoms with van der Waals surface area (Å²) in [5, 5.41) is 0. The largest absolute Gasteiger partial charge is 0.495 e. The third-order valence-corrected chi connectivity index (χ3v) is 4.09. The van der Waals surface area contributed by atoms with Gasteiger partial charge in [0.05, 0.1) is 12.8 Å². The Kier molecular flexibility index (Phi) is 4.46. The van der Waals surface area contributed by atoms with Crippen molar-refractivity contribution in [2.75, 3.05) is 19.1 Å². The third kappa shape index (κ3) is 3.09. The van der Waals surface area contributed by atoms with E-state index in [1.54, 1.807) is 7.11 Å². The molecule has 1 aliphatic carbocycles. The fraction of sp³-hybridized carbons (Fsp3) is 0.562. The molecule has 0 unspecified atom stereocenters. The molecule has 19 heavy (non-hydrogen) atoms. The highest BCUT2D eigenvalue weighted by molar-refractivity contribution is 5.79. The minimum Gasteiger partial charge on any atom is -0.495 e. The normalized spacial score (nSPS) is 16.5. The number of ether oxygens (including phenoxy) is 1. The van der Waals surface area contributed by atoms with Crippen LogP contribution in [0.5, 0.6) is 5.75 Å². The predicted molar refractivity (Wildman–Crippen MR) is 78.0 cm³/mol. The number of benzene rings is 1. The molecule has 0 atom stereocenters. The molecular weight excluding hydrogens is 238 g/mol. The molecule has 3 heteroatoms. The Balaban J connectivity index is 2.21. The Bertz CT molecular complexity index is 446. The van der Waals surface area contributed by atoms with E-state index in [0.29, 0.717) is 24.7 Å². The van der Waals surface area contributed by atoms with Gasteiger partial charge >= 0.3 is 0 Å². The van der Waals surface area contributed by atoms with E-state index >= 15 is 0 Å². The summed E-state index contributed by atoms with van der Waals surface area (Å²) < 4.78 is 5.47. The van der Waals surface area contributed by atoms with E-state index in [1.165, 1.54) is 5.56 Å². The number of nitrogens with zero attached hydrogens (tertiary/aromatic N) is 1. The van der Waals surface area contributed by atoms with Crippen LogP contribution in [-0.4, -0.2) is 26.0 Å². The molecule has 0 N–H and O–H groups in total. The van der Waals surface area contributed by atoms with Crippen LogP contribution in [0.15, 0.2) is 18.2 Å². The van der Waals surface area contributed by atoms with Gasteiger partial charge in [-0.1, -0.05) is 13.0 Å². The van der Waals surface area contributed by atoms with E-state index in [0.717, 1.165) is 30.7 Å². The van der Waals surface area contributed by atoms with Crippen molar-refractivity contribution in [2.45, 2.75) is 45.1 Å². The van der Waals surface area contributed by atoms with Crippen molar-refractivity contribution in [1.82, 2.24) is 0 Å². The monoisotopic (exact) mass is 261 g/mol. The average Bonchev–Trinajstić information content (AvgIpc) is 2.46. The lowest BCUT2D eigenvalue weighted by Crippen LogP contribution is -2.35. The van der Waals surface area contributed by atoms with E-state index < -0.39 is 0 Å². The summed E-state index contributed by atoms with van der Waals surface area (Å²) in [6.07, 6.45) is 4.35. The van der Waals surface area contributed by atoms with Crippen molar-refractivity contribution in [3.05, 3.63) is 23.8 Å². The fourth-order valence-corrected chi connectivity index (χ4v) is 2.74. The molecular formula is C16H23NO2. The zero-order valence-electron chi connectivity index (χ0n) is 12.1. The van der Waals surface area contributed by atoms with E-state index in [-0.39, 0.29) is 0 Å². The Morgan fingerprint density at radius 2 is 2.00 bits per heavy atom. The first-order valence-corrected chi connectivity index (χ1v) is 7.07. The highest BCUT2D eigenvalue weighted by Gasteiger charge is 2.24. The van der Waals surface area contributed by atoms with Crippen LogP contribution in [0, 0.1) is 0 Å². The third-order valence-electron chi connectivity index (χ3n) is 4.09. The van der Waals surface area contributed by atoms with Crippen LogP contribution < -0.4 is 9.64 Å². The quantitative estimate of drug-likeness (QED) is 0.833. The second kappa shape index (κ2) is 6.09. The van der Waals surface area contributed by atoms with Gasteiger partial charge in [-0.25, -0.2) is 0 Å². The number of methoxy groups -OCH3 is 1. The zero-order valence-corrected chi connectivity index (χ0v) is 12.1. The molecule has 0 aromatic heterocycles. The molecule has 0 saturated heterocycles. The van der Waals surface area contributed by atoms with Gasteiger partial charge in [-0.3, -0.25) is 4.79 Å². The lowest BCUT2D eigenvalue weighted by molar-refractivity contribution is -0.120. The minimum absolute atomic E-state index is 0.402. The second-order valence-corrected chi connectivity index (χ2v) is 5.24. The second-order valence-electron chi connectivity index (χ2n) is 5.24. The number of Topliss-reactive ketones (excluding diaryl/α,β-unsaturated/α-hetero) is 1. The molecule has 1 aromatic carbocycles. The first-order valence-electron chi connectivity index (χ1n) is 7.07. The molecule has 1 fully saturated rings. The number of rotatable bonds is 4. The maximum atomic E-state index is 11.3. The standard InChI is InChI=1S/C16H23NO2/c1-4-12-5-10-16(19-3)15(11-12)17(2)13-6-8-14(18)9-7-13/h5,10-11,13H,4,6-9H2,1-3H3. The summed E-state index contributed by atoms with van der Waals surface area (Å²) in [5.41, 5.74) is 2.45. The number of carbonyl (C=O) groups is 1. The van der Waals surface area contributed by atoms with Crippen LogP contribution in [-0.2, 0) is 11.2 Å². The Hall–Kier alpha value is -1.51. The van der Waals surface area contributed by atoms with Gasteiger partial charge in [0.2, 0.25) is 0 Å². The van der Waals surface area contributed by atoms with Gasteiger partial charge < -0.3 is 9.64 Å². The molecule has 2 rings (SSSR count). The lowest BCUT2D eigenvalue weighted by atomic mass is 9.93. The summed E-state index contributed by atoms with van der Waals surface area (Å²) in [4.78, 5) is 13.6. The molecule has 104 valence electrons. The summed E-state index contributed by atoms with van der Waals surface area (Å²) in [5.74, 6) is 1.32. The highest BCUT2D eigenvalue weighted by atomic mass is 16.5. The first kappa shape index (κ1) is 13.9. The van der Waals surface area contributed by atoms with Crippen LogP contribution in [0.2, 0.25) is 0 Å². The summed E-state index contributed by atoms with van der Waals surface area (Å²) in [6, 6.07) is 6.80. The Morgan fingerprint density at radius 1 is 1.32 bits per heavy atom. The number of anilines is 1. The van der Waals surface area contributed by atoms with Gasteiger partial charge in [0, 0.05) is 25.9 Å². The van der Waals surface area contributed by atoms with Crippen molar-refractivity contribution in [3.8, 4) is 5.75 Å². The number of ketones is 1. The summed E-state index contributed by atoms with van der Waals surface area (Å²) in [7, 11) is 3.82. The minimum atomic E-state index is 0.402. The molecule has 0 aliphatic heterocycles. The number of hydrogen-bond donors (Lipinski definition) is 0. The van der Waals surface area contributed by atoms with Gasteiger partial charge in [-0.2, -0.15) is 0 Å². The van der Waals surface area contributed by atoms with Gasteiger partial charge in [-0.15, -0.1) is 0 Å². The predicted octanol–water partition coefficient (Wildman–Crippen LogP) is 3.21. The van der Waals surface area contributed by atoms with Crippen LogP contribution in [0.4, 0.5) is 5.69 Å². The molecule has 3 nitrogen and oxygen atoms in total. The van der Waals surface area contributed by atoms with Gasteiger partial charge in [-0.05, 0) is 37.0 Å². The van der Waals surface area contributed by atoms with E-state index in [9.17, 15) is 4.79 Å². The average molecular weight is 261 g/mol. The van der Waals surface area contributed by atoms with Crippen LogP contribution in [0.3, 0.4) is 0 Å². The molecule has 0 heterocycles. The van der Waals surface area contributed by atoms with E-state index in [1.807, 2.05) is 6.07 Å². The highest BCUT2D eigenvalue weighted by Crippen LogP contribution is 2.33. The van der Waals surface area contributed by atoms with Gasteiger partial charge in [0.1, 0.15) is 11.5 Å². The number of hydrogen-bond acceptors (Lipinski definition) is 3. The smallest absolute Gasteiger partial charge is 0.142 e. The maximum Gasteiger partial charge on any atom is 0.142 e. The van der Waals surface area contributed by atoms with Gasteiger partial charge in [0.15, 0.2) is 0 Å². The first-order chi connectivity index (χ1) is 9.15. The van der Waals surface area contributed by atoms with Crippen molar-refractivity contribution in [2.24, 2.45) is 0 Å². The molecule has 1 aromatic rings. The zero-order chi connectivity index (χ0) is 13.8. The fourth-order valence-electron chi connectivity index (χ4n) is 2.74. The van der Waals surface area contributed by atoms with Crippen molar-refractivity contribution < 1.29 is 9.53 Å². The van der Waals surface area contributed by atoms with Crippen molar-refractivity contribution >= 4 is 11.5 Å². The van der Waals surface area contributed by atoms with E-state index in [2.05, 4.69) is 31.0 Å². The molecule has 0 amide bonds. The van der Waals surface area contributed by atoms with Crippen LogP contribution in [0.25, 0.3) is 0 Å². The number of carbonyl (C=O) groups excluding carboxylic acids is 1. The molecule has 0 radical (unpaired) electrons. The Morgan fingerprint density at radius 3 is 2.58 bits per heavy atom. The van der Waals surface area contributed by atoms with Crippen LogP contribution >= 0.6 is 0 Å². The SMILES string of the molecule is CCc1ccc(OC)c(N(C)C2CCC(=O)CC2)c1. The molecule has 0 spiro atoms. The van der Waals surface area contributed by atoms with Crippen molar-refractivity contribution in [1.29, 1.82) is 0 Å². The summed E-state index contributed by atoms with van der Waals surface area (Å²) >= 11 is 0. The molecule has 1 aliphatic rings. The van der Waals surface area contributed by atoms with E-state index in [4.69, 9.17) is 4.74 Å². The number of aryl methyl sites for hydroxylation is 1. The summed E-state index contributed by atoms with van der Waals surface area (Å²) in [6.45, 7) is 2.16. The van der Waals surface area contributed by atoms with Crippen molar-refractivity contribution in [3.63, 3.8) is 0 Å². The molecule has 1 saturated carbocycles. The maximum absolute atomic E-state index is 11.3. The Labute approximate surface area is 115 Å². The van der Waals surface area contributed by atoms with Crippen LogP contribution in [0.1, 0.15) is 38.2 Å². The lowest BCUT2D eigenvalue weighted by Gasteiger charge is -2.33. The molecule has 0 bridgehead atoms. The van der Waals surface area contributed by atoms with Gasteiger partial charge in [0.25, 0.3) is 0 Å². The topological polar surface area (TPSA) is 29.5 Å².